The Morgan fingerprint density at radius 2 is 2.00 bits per heavy atom. The highest BCUT2D eigenvalue weighted by Gasteiger charge is 2.32. The quantitative estimate of drug-likeness (QED) is 0.855. The second-order valence-electron chi connectivity index (χ2n) is 4.11. The van der Waals surface area contributed by atoms with E-state index in [1.165, 1.54) is 0 Å². The van der Waals surface area contributed by atoms with Gasteiger partial charge in [-0.2, -0.15) is 13.2 Å². The van der Waals surface area contributed by atoms with Gasteiger partial charge in [-0.1, -0.05) is 6.07 Å². The molecular weight excluding hydrogens is 255 g/mol. The Kier molecular flexibility index (Phi) is 3.69. The summed E-state index contributed by atoms with van der Waals surface area (Å²) in [6.45, 7) is 0.481. The summed E-state index contributed by atoms with van der Waals surface area (Å²) in [5.41, 5.74) is 0.504. The number of nitrogens with zero attached hydrogens (tertiary/aromatic N) is 3. The molecule has 0 atom stereocenters. The van der Waals surface area contributed by atoms with E-state index in [1.807, 2.05) is 6.07 Å². The lowest BCUT2D eigenvalue weighted by molar-refractivity contribution is -0.141. The molecule has 100 valence electrons. The summed E-state index contributed by atoms with van der Waals surface area (Å²) in [7, 11) is 1.72. The molecule has 0 bridgehead atoms. The van der Waals surface area contributed by atoms with Crippen LogP contribution in [-0.4, -0.2) is 17.0 Å². The van der Waals surface area contributed by atoms with Crippen LogP contribution in [0.2, 0.25) is 0 Å². The van der Waals surface area contributed by atoms with Crippen LogP contribution in [-0.2, 0) is 12.7 Å². The van der Waals surface area contributed by atoms with Gasteiger partial charge in [-0.05, 0) is 23.8 Å². The van der Waals surface area contributed by atoms with Gasteiger partial charge in [-0.3, -0.25) is 9.97 Å². The van der Waals surface area contributed by atoms with Crippen LogP contribution in [0.1, 0.15) is 11.3 Å². The Balaban J connectivity index is 2.18. The van der Waals surface area contributed by atoms with E-state index in [9.17, 15) is 13.2 Å². The minimum atomic E-state index is -4.43. The van der Waals surface area contributed by atoms with Gasteiger partial charge in [0.05, 0.1) is 0 Å². The van der Waals surface area contributed by atoms with Crippen LogP contribution >= 0.6 is 0 Å². The molecule has 0 fully saturated rings. The third-order valence-electron chi connectivity index (χ3n) is 2.62. The molecule has 0 saturated heterocycles. The minimum Gasteiger partial charge on any atom is -0.370 e. The molecule has 0 aliphatic carbocycles. The van der Waals surface area contributed by atoms with Crippen molar-refractivity contribution in [3.63, 3.8) is 0 Å². The molecule has 0 N–H and O–H groups in total. The van der Waals surface area contributed by atoms with Crippen LogP contribution in [0.5, 0.6) is 0 Å². The molecule has 0 saturated carbocycles. The molecule has 0 spiro atoms. The van der Waals surface area contributed by atoms with Gasteiger partial charge >= 0.3 is 6.18 Å². The molecule has 6 heteroatoms. The predicted octanol–water partition coefficient (Wildman–Crippen LogP) is 3.13. The summed E-state index contributed by atoms with van der Waals surface area (Å²) in [6, 6.07) is 6.24. The zero-order valence-corrected chi connectivity index (χ0v) is 10.2. The number of pyridine rings is 2. The fourth-order valence-electron chi connectivity index (χ4n) is 1.67. The van der Waals surface area contributed by atoms with Crippen molar-refractivity contribution in [2.24, 2.45) is 0 Å². The van der Waals surface area contributed by atoms with E-state index in [1.54, 1.807) is 36.5 Å². The van der Waals surface area contributed by atoms with E-state index in [2.05, 4.69) is 9.97 Å². The molecule has 2 aromatic rings. The average Bonchev–Trinajstić information content (AvgIpc) is 2.39. The summed E-state index contributed by atoms with van der Waals surface area (Å²) in [5, 5.41) is 0. The van der Waals surface area contributed by atoms with E-state index < -0.39 is 11.9 Å². The highest BCUT2D eigenvalue weighted by atomic mass is 19.4. The number of aromatic nitrogens is 2. The van der Waals surface area contributed by atoms with Gasteiger partial charge in [0, 0.05) is 37.9 Å². The second-order valence-corrected chi connectivity index (χ2v) is 4.11. The monoisotopic (exact) mass is 267 g/mol. The predicted molar refractivity (Wildman–Crippen MR) is 65.6 cm³/mol. The minimum absolute atomic E-state index is 0.464. The number of halogens is 3. The molecule has 0 aromatic carbocycles. The van der Waals surface area contributed by atoms with Gasteiger partial charge in [-0.15, -0.1) is 0 Å². The van der Waals surface area contributed by atoms with Crippen molar-refractivity contribution < 1.29 is 13.2 Å². The lowest BCUT2D eigenvalue weighted by Crippen LogP contribution is -2.18. The number of hydrogen-bond acceptors (Lipinski definition) is 3. The molecular formula is C13H12F3N3. The van der Waals surface area contributed by atoms with Crippen molar-refractivity contribution in [3.05, 3.63) is 54.1 Å². The highest BCUT2D eigenvalue weighted by molar-refractivity contribution is 5.46. The van der Waals surface area contributed by atoms with E-state index in [0.29, 0.717) is 12.2 Å². The molecule has 2 heterocycles. The van der Waals surface area contributed by atoms with Crippen molar-refractivity contribution in [1.82, 2.24) is 9.97 Å². The van der Waals surface area contributed by atoms with Crippen LogP contribution in [0.4, 0.5) is 18.9 Å². The maximum Gasteiger partial charge on any atom is 0.433 e. The zero-order valence-electron chi connectivity index (χ0n) is 10.2. The van der Waals surface area contributed by atoms with Gasteiger partial charge in [0.1, 0.15) is 5.69 Å². The van der Waals surface area contributed by atoms with Gasteiger partial charge in [0.15, 0.2) is 0 Å². The Hall–Kier alpha value is -2.11. The largest absolute Gasteiger partial charge is 0.433 e. The first-order chi connectivity index (χ1) is 8.97. The van der Waals surface area contributed by atoms with Crippen LogP contribution in [0.15, 0.2) is 42.9 Å². The van der Waals surface area contributed by atoms with Crippen LogP contribution in [0, 0.1) is 0 Å². The van der Waals surface area contributed by atoms with E-state index in [4.69, 9.17) is 0 Å². The van der Waals surface area contributed by atoms with Gasteiger partial charge in [0.25, 0.3) is 0 Å². The number of hydrogen-bond donors (Lipinski definition) is 0. The summed E-state index contributed by atoms with van der Waals surface area (Å²) < 4.78 is 37.7. The first kappa shape index (κ1) is 13.3. The summed E-state index contributed by atoms with van der Waals surface area (Å²) in [4.78, 5) is 9.02. The van der Waals surface area contributed by atoms with Crippen molar-refractivity contribution in [1.29, 1.82) is 0 Å². The normalized spacial score (nSPS) is 11.4. The molecule has 0 aliphatic rings. The molecule has 0 aliphatic heterocycles. The van der Waals surface area contributed by atoms with Gasteiger partial charge in [0.2, 0.25) is 0 Å². The lowest BCUT2D eigenvalue weighted by Gasteiger charge is -2.20. The molecule has 3 nitrogen and oxygen atoms in total. The van der Waals surface area contributed by atoms with E-state index >= 15 is 0 Å². The number of rotatable bonds is 3. The fraction of sp³-hybridized carbons (Fsp3) is 0.231. The van der Waals surface area contributed by atoms with Crippen molar-refractivity contribution >= 4 is 5.69 Å². The molecule has 19 heavy (non-hydrogen) atoms. The number of alkyl halides is 3. The summed E-state index contributed by atoms with van der Waals surface area (Å²) in [5.74, 6) is 0. The summed E-state index contributed by atoms with van der Waals surface area (Å²) >= 11 is 0. The first-order valence-corrected chi connectivity index (χ1v) is 5.60. The van der Waals surface area contributed by atoms with Crippen molar-refractivity contribution in [2.45, 2.75) is 12.7 Å². The van der Waals surface area contributed by atoms with Gasteiger partial charge < -0.3 is 4.90 Å². The topological polar surface area (TPSA) is 29.0 Å². The first-order valence-electron chi connectivity index (χ1n) is 5.60. The Morgan fingerprint density at radius 1 is 1.21 bits per heavy atom. The SMILES string of the molecule is CN(Cc1cccnc1)c1ccnc(C(F)(F)F)c1. The third-order valence-corrected chi connectivity index (χ3v) is 2.62. The maximum atomic E-state index is 12.6. The van der Waals surface area contributed by atoms with Crippen LogP contribution < -0.4 is 4.90 Å². The molecule has 0 radical (unpaired) electrons. The highest BCUT2D eigenvalue weighted by Crippen LogP contribution is 2.29. The Morgan fingerprint density at radius 3 is 2.63 bits per heavy atom. The Bertz CT molecular complexity index is 540. The van der Waals surface area contributed by atoms with E-state index in [0.717, 1.165) is 17.8 Å². The maximum absolute atomic E-state index is 12.6. The smallest absolute Gasteiger partial charge is 0.370 e. The zero-order chi connectivity index (χ0) is 13.9. The number of anilines is 1. The summed E-state index contributed by atoms with van der Waals surface area (Å²) in [6.07, 6.45) is 0.0725. The van der Waals surface area contributed by atoms with Crippen LogP contribution in [0.25, 0.3) is 0 Å². The van der Waals surface area contributed by atoms with Crippen molar-refractivity contribution in [2.75, 3.05) is 11.9 Å². The van der Waals surface area contributed by atoms with Gasteiger partial charge in [-0.25, -0.2) is 0 Å². The molecule has 0 unspecified atom stereocenters. The van der Waals surface area contributed by atoms with E-state index in [-0.39, 0.29) is 0 Å². The average molecular weight is 267 g/mol. The standard InChI is InChI=1S/C13H12F3N3/c1-19(9-10-3-2-5-17-8-10)11-4-6-18-12(7-11)13(14,15)16/h2-8H,9H2,1H3. The second kappa shape index (κ2) is 5.26. The lowest BCUT2D eigenvalue weighted by atomic mass is 10.2. The Labute approximate surface area is 108 Å². The van der Waals surface area contributed by atoms with Crippen LogP contribution in [0.3, 0.4) is 0 Å². The van der Waals surface area contributed by atoms with Crippen molar-refractivity contribution in [3.8, 4) is 0 Å². The fourth-order valence-corrected chi connectivity index (χ4v) is 1.67. The molecule has 2 rings (SSSR count). The molecule has 0 amide bonds. The third kappa shape index (κ3) is 3.43. The molecule has 2 aromatic heterocycles.